The number of nitriles is 1. The number of hydrogen-bond acceptors (Lipinski definition) is 2. The van der Waals surface area contributed by atoms with E-state index in [-0.39, 0.29) is 5.41 Å². The van der Waals surface area contributed by atoms with E-state index in [1.54, 1.807) is 6.26 Å². The molecule has 2 rings (SSSR count). The lowest BCUT2D eigenvalue weighted by Gasteiger charge is -2.34. The average Bonchev–Trinajstić information content (AvgIpc) is 2.83. The van der Waals surface area contributed by atoms with Crippen molar-refractivity contribution >= 4 is 0 Å². The van der Waals surface area contributed by atoms with Crippen LogP contribution < -0.4 is 0 Å². The summed E-state index contributed by atoms with van der Waals surface area (Å²) in [6, 6.07) is 6.42. The first-order valence-corrected chi connectivity index (χ1v) is 6.21. The summed E-state index contributed by atoms with van der Waals surface area (Å²) in [5.41, 5.74) is -0.163. The summed E-state index contributed by atoms with van der Waals surface area (Å²) in [5.74, 6) is 1.79. The van der Waals surface area contributed by atoms with Gasteiger partial charge in [-0.15, -0.1) is 0 Å². The predicted octanol–water partition coefficient (Wildman–Crippen LogP) is 3.93. The van der Waals surface area contributed by atoms with Gasteiger partial charge in [0.1, 0.15) is 5.76 Å². The molecule has 0 saturated heterocycles. The van der Waals surface area contributed by atoms with Crippen molar-refractivity contribution in [3.63, 3.8) is 0 Å². The van der Waals surface area contributed by atoms with E-state index in [4.69, 9.17) is 4.42 Å². The van der Waals surface area contributed by atoms with Gasteiger partial charge in [-0.25, -0.2) is 0 Å². The highest BCUT2D eigenvalue weighted by Crippen LogP contribution is 2.41. The second-order valence-electron chi connectivity index (χ2n) is 5.00. The fraction of sp³-hybridized carbons (Fsp3) is 0.643. The van der Waals surface area contributed by atoms with Crippen LogP contribution in [0.25, 0.3) is 0 Å². The zero-order valence-electron chi connectivity index (χ0n) is 9.91. The molecule has 0 spiro atoms. The Morgan fingerprint density at radius 1 is 1.50 bits per heavy atom. The lowest BCUT2D eigenvalue weighted by molar-refractivity contribution is 0.196. The van der Waals surface area contributed by atoms with Crippen LogP contribution in [0.1, 0.15) is 44.8 Å². The average molecular weight is 217 g/mol. The third-order valence-corrected chi connectivity index (χ3v) is 3.97. The van der Waals surface area contributed by atoms with Crippen molar-refractivity contribution in [2.24, 2.45) is 11.3 Å². The maximum Gasteiger partial charge on any atom is 0.105 e. The van der Waals surface area contributed by atoms with Gasteiger partial charge in [-0.2, -0.15) is 5.26 Å². The van der Waals surface area contributed by atoms with Crippen molar-refractivity contribution in [2.45, 2.75) is 45.4 Å². The minimum atomic E-state index is -0.163. The predicted molar refractivity (Wildman–Crippen MR) is 62.7 cm³/mol. The highest BCUT2D eigenvalue weighted by molar-refractivity contribution is 5.10. The van der Waals surface area contributed by atoms with Gasteiger partial charge in [0.25, 0.3) is 0 Å². The fourth-order valence-corrected chi connectivity index (χ4v) is 2.71. The molecule has 0 atom stereocenters. The van der Waals surface area contributed by atoms with Crippen LogP contribution in [0.3, 0.4) is 0 Å². The van der Waals surface area contributed by atoms with Crippen molar-refractivity contribution in [1.82, 2.24) is 0 Å². The molecule has 86 valence electrons. The summed E-state index contributed by atoms with van der Waals surface area (Å²) in [4.78, 5) is 0. The van der Waals surface area contributed by atoms with Crippen LogP contribution in [0.4, 0.5) is 0 Å². The van der Waals surface area contributed by atoms with Gasteiger partial charge in [0.15, 0.2) is 0 Å². The van der Waals surface area contributed by atoms with Crippen molar-refractivity contribution < 1.29 is 4.42 Å². The molecular weight excluding hydrogens is 198 g/mol. The van der Waals surface area contributed by atoms with E-state index >= 15 is 0 Å². The molecule has 0 N–H and O–H groups in total. The van der Waals surface area contributed by atoms with Crippen LogP contribution in [0.5, 0.6) is 0 Å². The number of rotatable bonds is 3. The molecule has 2 heteroatoms. The molecule has 0 amide bonds. The van der Waals surface area contributed by atoms with E-state index in [0.29, 0.717) is 0 Å². The highest BCUT2D eigenvalue weighted by atomic mass is 16.3. The van der Waals surface area contributed by atoms with Crippen LogP contribution in [-0.4, -0.2) is 0 Å². The van der Waals surface area contributed by atoms with Gasteiger partial charge < -0.3 is 4.42 Å². The summed E-state index contributed by atoms with van der Waals surface area (Å²) in [6.07, 6.45) is 8.19. The number of furan rings is 1. The molecule has 1 aliphatic carbocycles. The third kappa shape index (κ3) is 2.29. The summed E-state index contributed by atoms with van der Waals surface area (Å²) >= 11 is 0. The second-order valence-corrected chi connectivity index (χ2v) is 5.00. The first-order chi connectivity index (χ1) is 7.78. The topological polar surface area (TPSA) is 36.9 Å². The maximum absolute atomic E-state index is 9.41. The molecule has 1 fully saturated rings. The first kappa shape index (κ1) is 11.3. The Kier molecular flexibility index (Phi) is 3.33. The van der Waals surface area contributed by atoms with Crippen molar-refractivity contribution in [1.29, 1.82) is 5.26 Å². The van der Waals surface area contributed by atoms with Crippen LogP contribution in [0.2, 0.25) is 0 Å². The Bertz CT molecular complexity index is 353. The van der Waals surface area contributed by atoms with Gasteiger partial charge in [0, 0.05) is 6.42 Å². The molecular formula is C14H19NO. The molecule has 16 heavy (non-hydrogen) atoms. The van der Waals surface area contributed by atoms with Gasteiger partial charge in [0.2, 0.25) is 0 Å². The van der Waals surface area contributed by atoms with E-state index in [2.05, 4.69) is 13.0 Å². The summed E-state index contributed by atoms with van der Waals surface area (Å²) in [6.45, 7) is 2.25. The van der Waals surface area contributed by atoms with Crippen molar-refractivity contribution in [3.8, 4) is 6.07 Å². The summed E-state index contributed by atoms with van der Waals surface area (Å²) in [7, 11) is 0. The monoisotopic (exact) mass is 217 g/mol. The van der Waals surface area contributed by atoms with Gasteiger partial charge >= 0.3 is 0 Å². The normalized spacial score (nSPS) is 29.9. The zero-order chi connectivity index (χ0) is 11.4. The Balaban J connectivity index is 2.02. The lowest BCUT2D eigenvalue weighted by Crippen LogP contribution is -2.28. The van der Waals surface area contributed by atoms with Gasteiger partial charge in [-0.3, -0.25) is 0 Å². The highest BCUT2D eigenvalue weighted by Gasteiger charge is 2.35. The zero-order valence-corrected chi connectivity index (χ0v) is 9.91. The van der Waals surface area contributed by atoms with Gasteiger partial charge in [0.05, 0.1) is 17.7 Å². The molecule has 1 aromatic heterocycles. The van der Waals surface area contributed by atoms with E-state index in [9.17, 15) is 5.26 Å². The van der Waals surface area contributed by atoms with Crippen LogP contribution in [0.15, 0.2) is 22.8 Å². The molecule has 0 bridgehead atoms. The van der Waals surface area contributed by atoms with Crippen molar-refractivity contribution in [3.05, 3.63) is 24.2 Å². The summed E-state index contributed by atoms with van der Waals surface area (Å²) < 4.78 is 5.37. The summed E-state index contributed by atoms with van der Waals surface area (Å²) in [5, 5.41) is 9.41. The van der Waals surface area contributed by atoms with Crippen LogP contribution in [0, 0.1) is 22.7 Å². The minimum Gasteiger partial charge on any atom is -0.469 e. The Hall–Kier alpha value is -1.23. The van der Waals surface area contributed by atoms with E-state index in [1.165, 1.54) is 19.3 Å². The molecule has 0 aliphatic heterocycles. The molecule has 0 unspecified atom stereocenters. The standard InChI is InChI=1S/C14H19NO/c1-2-12-5-7-14(11-15,8-6-12)10-13-4-3-9-16-13/h3-4,9,12H,2,5-8,10H2,1H3. The van der Waals surface area contributed by atoms with E-state index in [0.717, 1.165) is 30.9 Å². The Morgan fingerprint density at radius 2 is 2.25 bits per heavy atom. The molecule has 2 nitrogen and oxygen atoms in total. The Morgan fingerprint density at radius 3 is 2.75 bits per heavy atom. The van der Waals surface area contributed by atoms with Gasteiger partial charge in [-0.05, 0) is 43.7 Å². The molecule has 1 heterocycles. The molecule has 0 aromatic carbocycles. The molecule has 1 aliphatic rings. The third-order valence-electron chi connectivity index (χ3n) is 3.97. The molecule has 1 saturated carbocycles. The SMILES string of the molecule is CCC1CCC(C#N)(Cc2ccco2)CC1. The molecule has 0 radical (unpaired) electrons. The lowest BCUT2D eigenvalue weighted by atomic mass is 9.68. The van der Waals surface area contributed by atoms with Crippen LogP contribution >= 0.6 is 0 Å². The first-order valence-electron chi connectivity index (χ1n) is 6.21. The maximum atomic E-state index is 9.41. The minimum absolute atomic E-state index is 0.163. The number of nitrogens with zero attached hydrogens (tertiary/aromatic N) is 1. The van der Waals surface area contributed by atoms with Crippen LogP contribution in [-0.2, 0) is 6.42 Å². The Labute approximate surface area is 97.3 Å². The molecule has 1 aromatic rings. The van der Waals surface area contributed by atoms with E-state index < -0.39 is 0 Å². The second kappa shape index (κ2) is 4.74. The smallest absolute Gasteiger partial charge is 0.105 e. The van der Waals surface area contributed by atoms with Gasteiger partial charge in [-0.1, -0.05) is 13.3 Å². The fourth-order valence-electron chi connectivity index (χ4n) is 2.71. The van der Waals surface area contributed by atoms with Crippen molar-refractivity contribution in [2.75, 3.05) is 0 Å². The quantitative estimate of drug-likeness (QED) is 0.769. The number of hydrogen-bond donors (Lipinski definition) is 0. The van der Waals surface area contributed by atoms with E-state index in [1.807, 2.05) is 12.1 Å². The largest absolute Gasteiger partial charge is 0.469 e.